The first kappa shape index (κ1) is 33.4. The average molecular weight is 644 g/mol. The molecule has 12 nitrogen and oxygen atoms in total. The molecule has 5 rings (SSSR count). The fraction of sp³-hybridized carbons (Fsp3) is 0.429. The Morgan fingerprint density at radius 3 is 2.68 bits per heavy atom. The number of amides is 4. The molecule has 248 valence electrons. The van der Waals surface area contributed by atoms with Crippen LogP contribution in [0.15, 0.2) is 70.5 Å². The van der Waals surface area contributed by atoms with E-state index in [-0.39, 0.29) is 49.3 Å². The number of hydrogen-bond donors (Lipinski definition) is 4. The summed E-state index contributed by atoms with van der Waals surface area (Å²) in [5.74, 6) is -1.94. The average Bonchev–Trinajstić information content (AvgIpc) is 3.50. The number of nitrogens with one attached hydrogen (secondary N) is 4. The van der Waals surface area contributed by atoms with Crippen molar-refractivity contribution in [2.24, 2.45) is 17.8 Å². The number of aromatic nitrogens is 1. The number of anilines is 1. The Balaban J connectivity index is 1.27. The van der Waals surface area contributed by atoms with Gasteiger partial charge in [-0.2, -0.15) is 0 Å². The molecule has 2 aromatic heterocycles. The molecule has 2 bridgehead atoms. The molecule has 5 atom stereocenters. The molecule has 2 aliphatic rings. The SMILES string of the molecule is C=CCNC(=O)C(=O)CCC(NC(=O)c1cc2ccccc2o1)C(=O)Nc1cccn(CC(=O)NC2C(C)CC3CCCC2C3)c1=O. The molecule has 0 saturated heterocycles. The van der Waals surface area contributed by atoms with Crippen molar-refractivity contribution in [1.82, 2.24) is 20.5 Å². The van der Waals surface area contributed by atoms with E-state index in [4.69, 9.17) is 4.42 Å². The highest BCUT2D eigenvalue weighted by molar-refractivity contribution is 6.36. The molecule has 3 aromatic rings. The third-order valence-electron chi connectivity index (χ3n) is 9.16. The van der Waals surface area contributed by atoms with E-state index in [9.17, 15) is 28.8 Å². The maximum atomic E-state index is 13.5. The number of Topliss-reactive ketones (excluding diaryl/α,β-unsaturated/α-hetero) is 1. The molecule has 4 amide bonds. The Bertz CT molecular complexity index is 1690. The van der Waals surface area contributed by atoms with Crippen LogP contribution in [0.5, 0.6) is 0 Å². The van der Waals surface area contributed by atoms with E-state index in [1.165, 1.54) is 47.9 Å². The summed E-state index contributed by atoms with van der Waals surface area (Å²) in [5, 5.41) is 11.3. The van der Waals surface area contributed by atoms with Crippen LogP contribution in [-0.4, -0.2) is 52.6 Å². The van der Waals surface area contributed by atoms with Crippen LogP contribution >= 0.6 is 0 Å². The van der Waals surface area contributed by atoms with Crippen LogP contribution in [-0.2, 0) is 25.7 Å². The zero-order chi connectivity index (χ0) is 33.5. The van der Waals surface area contributed by atoms with E-state index >= 15 is 0 Å². The fourth-order valence-corrected chi connectivity index (χ4v) is 6.88. The Kier molecular flexibility index (Phi) is 10.7. The van der Waals surface area contributed by atoms with Crippen molar-refractivity contribution in [3.05, 3.63) is 77.4 Å². The first-order valence-electron chi connectivity index (χ1n) is 16.1. The van der Waals surface area contributed by atoms with Crippen LogP contribution < -0.4 is 26.8 Å². The van der Waals surface area contributed by atoms with Gasteiger partial charge in [0.25, 0.3) is 17.4 Å². The highest BCUT2D eigenvalue weighted by Crippen LogP contribution is 2.42. The fourth-order valence-electron chi connectivity index (χ4n) is 6.88. The van der Waals surface area contributed by atoms with Gasteiger partial charge in [-0.25, -0.2) is 0 Å². The van der Waals surface area contributed by atoms with Gasteiger partial charge in [0, 0.05) is 30.6 Å². The Hall–Kier alpha value is -5.00. The monoisotopic (exact) mass is 643 g/mol. The number of benzene rings is 1. The number of rotatable bonds is 13. The molecule has 12 heteroatoms. The van der Waals surface area contributed by atoms with E-state index in [1.54, 1.807) is 24.3 Å². The minimum absolute atomic E-state index is 0.0526. The van der Waals surface area contributed by atoms with E-state index in [1.807, 2.05) is 0 Å². The lowest BCUT2D eigenvalue weighted by Gasteiger charge is -2.44. The molecular formula is C35H41N5O7. The molecule has 0 spiro atoms. The summed E-state index contributed by atoms with van der Waals surface area (Å²) < 4.78 is 6.84. The molecule has 2 fully saturated rings. The number of hydrogen-bond acceptors (Lipinski definition) is 7. The van der Waals surface area contributed by atoms with E-state index < -0.39 is 35.1 Å². The standard InChI is InChI=1S/C35H41N5O7/c1-3-15-36-33(44)27(41)14-13-25(37-34(45)29-19-23-9-4-5-12-28(23)47-29)32(43)38-26-11-7-16-40(35(26)46)20-30(42)39-31-21(2)17-22-8-6-10-24(31)18-22/h3-5,7,9,11-12,16,19,21-22,24-25,31H,1,6,8,10,13-15,17-18,20H2,2H3,(H,36,44)(H,37,45)(H,38,43)(H,39,42). The van der Waals surface area contributed by atoms with Crippen molar-refractivity contribution in [2.45, 2.75) is 70.5 Å². The Morgan fingerprint density at radius 2 is 1.89 bits per heavy atom. The summed E-state index contributed by atoms with van der Waals surface area (Å²) in [5.41, 5.74) is -0.236. The lowest BCUT2D eigenvalue weighted by Crippen LogP contribution is -2.50. The molecule has 5 unspecified atom stereocenters. The quantitative estimate of drug-likeness (QED) is 0.164. The molecule has 0 aliphatic heterocycles. The van der Waals surface area contributed by atoms with Crippen molar-refractivity contribution >= 4 is 46.1 Å². The van der Waals surface area contributed by atoms with Gasteiger partial charge >= 0.3 is 0 Å². The number of fused-ring (bicyclic) bond motifs is 3. The summed E-state index contributed by atoms with van der Waals surface area (Å²) in [4.78, 5) is 77.6. The number of nitrogens with zero attached hydrogens (tertiary/aromatic N) is 1. The molecule has 2 aliphatic carbocycles. The predicted molar refractivity (Wildman–Crippen MR) is 175 cm³/mol. The van der Waals surface area contributed by atoms with Crippen molar-refractivity contribution < 1.29 is 28.4 Å². The lowest BCUT2D eigenvalue weighted by molar-refractivity contribution is -0.138. The van der Waals surface area contributed by atoms with Gasteiger partial charge in [-0.3, -0.25) is 28.8 Å². The second-order valence-corrected chi connectivity index (χ2v) is 12.6. The minimum atomic E-state index is -1.31. The van der Waals surface area contributed by atoms with Crippen molar-refractivity contribution in [3.63, 3.8) is 0 Å². The van der Waals surface area contributed by atoms with Crippen molar-refractivity contribution in [1.29, 1.82) is 0 Å². The van der Waals surface area contributed by atoms with Gasteiger partial charge in [0.2, 0.25) is 17.6 Å². The Morgan fingerprint density at radius 1 is 1.09 bits per heavy atom. The second-order valence-electron chi connectivity index (χ2n) is 12.6. The van der Waals surface area contributed by atoms with Gasteiger partial charge in [-0.05, 0) is 67.7 Å². The van der Waals surface area contributed by atoms with Crippen LogP contribution in [0, 0.1) is 17.8 Å². The van der Waals surface area contributed by atoms with E-state index in [0.29, 0.717) is 22.8 Å². The van der Waals surface area contributed by atoms with E-state index in [2.05, 4.69) is 34.8 Å². The number of para-hydroxylation sites is 1. The summed E-state index contributed by atoms with van der Waals surface area (Å²) in [6.45, 7) is 5.53. The van der Waals surface area contributed by atoms with Crippen molar-refractivity contribution in [3.8, 4) is 0 Å². The maximum Gasteiger partial charge on any atom is 0.287 e. The predicted octanol–water partition coefficient (Wildman–Crippen LogP) is 3.31. The summed E-state index contributed by atoms with van der Waals surface area (Å²) in [6, 6.07) is 10.2. The van der Waals surface area contributed by atoms with Crippen LogP contribution in [0.3, 0.4) is 0 Å². The third-order valence-corrected chi connectivity index (χ3v) is 9.16. The second kappa shape index (κ2) is 15.1. The van der Waals surface area contributed by atoms with Crippen LogP contribution in [0.1, 0.15) is 62.4 Å². The van der Waals surface area contributed by atoms with Crippen LogP contribution in [0.25, 0.3) is 11.0 Å². The van der Waals surface area contributed by atoms with Crippen molar-refractivity contribution in [2.75, 3.05) is 11.9 Å². The van der Waals surface area contributed by atoms with Crippen LogP contribution in [0.4, 0.5) is 5.69 Å². The molecule has 1 aromatic carbocycles. The summed E-state index contributed by atoms with van der Waals surface area (Å²) in [6.07, 6.45) is 8.02. The number of ketones is 1. The normalized spacial score (nSPS) is 20.9. The van der Waals surface area contributed by atoms with Gasteiger partial charge in [0.05, 0.1) is 0 Å². The molecule has 4 N–H and O–H groups in total. The third kappa shape index (κ3) is 8.24. The smallest absolute Gasteiger partial charge is 0.287 e. The summed E-state index contributed by atoms with van der Waals surface area (Å²) >= 11 is 0. The first-order chi connectivity index (χ1) is 22.6. The molecule has 2 heterocycles. The van der Waals surface area contributed by atoms with Gasteiger partial charge < -0.3 is 30.3 Å². The first-order valence-corrected chi connectivity index (χ1v) is 16.1. The van der Waals surface area contributed by atoms with E-state index in [0.717, 1.165) is 25.2 Å². The highest BCUT2D eigenvalue weighted by atomic mass is 16.3. The lowest BCUT2D eigenvalue weighted by atomic mass is 9.65. The largest absolute Gasteiger partial charge is 0.451 e. The van der Waals surface area contributed by atoms with Gasteiger partial charge in [-0.1, -0.05) is 44.0 Å². The van der Waals surface area contributed by atoms with Gasteiger partial charge in [-0.15, -0.1) is 6.58 Å². The highest BCUT2D eigenvalue weighted by Gasteiger charge is 2.38. The molecule has 47 heavy (non-hydrogen) atoms. The van der Waals surface area contributed by atoms with Gasteiger partial charge in [0.15, 0.2) is 5.76 Å². The minimum Gasteiger partial charge on any atom is -0.451 e. The van der Waals surface area contributed by atoms with Crippen LogP contribution in [0.2, 0.25) is 0 Å². The Labute approximate surface area is 272 Å². The maximum absolute atomic E-state index is 13.5. The number of carbonyl (C=O) groups excluding carboxylic acids is 5. The zero-order valence-electron chi connectivity index (χ0n) is 26.5. The number of carbonyl (C=O) groups is 5. The topological polar surface area (TPSA) is 169 Å². The summed E-state index contributed by atoms with van der Waals surface area (Å²) in [7, 11) is 0. The molecule has 0 radical (unpaired) electrons. The zero-order valence-corrected chi connectivity index (χ0v) is 26.5. The molecular weight excluding hydrogens is 602 g/mol. The molecule has 2 saturated carbocycles. The number of pyridine rings is 1. The number of furan rings is 1. The van der Waals surface area contributed by atoms with Gasteiger partial charge in [0.1, 0.15) is 23.9 Å².